The maximum atomic E-state index is 13.6. The van der Waals surface area contributed by atoms with Crippen molar-refractivity contribution in [2.75, 3.05) is 26.2 Å². The van der Waals surface area contributed by atoms with E-state index in [1.807, 2.05) is 34.6 Å². The third-order valence-electron chi connectivity index (χ3n) is 6.96. The van der Waals surface area contributed by atoms with Gasteiger partial charge in [0.25, 0.3) is 11.8 Å². The highest BCUT2D eigenvalue weighted by molar-refractivity contribution is 7.89. The smallest absolute Gasteiger partial charge is 0.257 e. The van der Waals surface area contributed by atoms with Gasteiger partial charge >= 0.3 is 0 Å². The molecule has 0 unspecified atom stereocenters. The molecule has 4 rings (SSSR count). The van der Waals surface area contributed by atoms with Crippen LogP contribution in [-0.4, -0.2) is 59.8 Å². The third-order valence-corrected chi connectivity index (χ3v) is 9.13. The second-order valence-corrected chi connectivity index (χ2v) is 10.7. The van der Waals surface area contributed by atoms with E-state index in [0.29, 0.717) is 35.3 Å². The van der Waals surface area contributed by atoms with Crippen molar-refractivity contribution in [2.24, 2.45) is 0 Å². The van der Waals surface area contributed by atoms with E-state index in [2.05, 4.69) is 10.1 Å². The Bertz CT molecular complexity index is 1320. The van der Waals surface area contributed by atoms with Crippen LogP contribution in [0, 0.1) is 41.5 Å². The normalized spacial score (nSPS) is 15.1. The maximum Gasteiger partial charge on any atom is 0.257 e. The quantitative estimate of drug-likeness (QED) is 0.562. The van der Waals surface area contributed by atoms with Crippen LogP contribution in [0.5, 0.6) is 0 Å². The molecule has 1 aromatic heterocycles. The molecule has 2 aromatic carbocycles. The Labute approximate surface area is 200 Å². The summed E-state index contributed by atoms with van der Waals surface area (Å²) in [4.78, 5) is 19.3. The number of rotatable bonds is 4. The number of carbonyl (C=O) groups is 1. The summed E-state index contributed by atoms with van der Waals surface area (Å²) in [6.07, 6.45) is 0. The minimum Gasteiger partial charge on any atom is -0.336 e. The first-order valence-electron chi connectivity index (χ1n) is 11.3. The molecule has 0 atom stereocenters. The van der Waals surface area contributed by atoms with E-state index in [4.69, 9.17) is 4.52 Å². The number of nitrogens with zero attached hydrogens (tertiary/aromatic N) is 4. The number of amides is 1. The summed E-state index contributed by atoms with van der Waals surface area (Å²) in [6.45, 7) is 12.7. The molecule has 0 aliphatic carbocycles. The Morgan fingerprint density at radius 2 is 1.35 bits per heavy atom. The van der Waals surface area contributed by atoms with Crippen LogP contribution in [0.1, 0.15) is 44.0 Å². The fraction of sp³-hybridized carbons (Fsp3) is 0.400. The van der Waals surface area contributed by atoms with E-state index < -0.39 is 10.0 Å². The molecule has 34 heavy (non-hydrogen) atoms. The van der Waals surface area contributed by atoms with E-state index in [0.717, 1.165) is 33.4 Å². The molecule has 1 saturated heterocycles. The molecule has 9 heteroatoms. The number of piperazine rings is 1. The number of hydrogen-bond acceptors (Lipinski definition) is 6. The molecule has 180 valence electrons. The van der Waals surface area contributed by atoms with Crippen molar-refractivity contribution in [3.8, 4) is 11.5 Å². The van der Waals surface area contributed by atoms with Gasteiger partial charge in [-0.15, -0.1) is 0 Å². The lowest BCUT2D eigenvalue weighted by Crippen LogP contribution is -2.50. The molecular weight excluding hydrogens is 452 g/mol. The number of aryl methyl sites for hydroxylation is 1. The van der Waals surface area contributed by atoms with Crippen LogP contribution in [0.15, 0.2) is 33.7 Å². The topological polar surface area (TPSA) is 96.6 Å². The Morgan fingerprint density at radius 3 is 1.85 bits per heavy atom. The lowest BCUT2D eigenvalue weighted by Gasteiger charge is -2.35. The largest absolute Gasteiger partial charge is 0.336 e. The van der Waals surface area contributed by atoms with Crippen LogP contribution >= 0.6 is 0 Å². The number of hydrogen-bond donors (Lipinski definition) is 0. The summed E-state index contributed by atoms with van der Waals surface area (Å²) in [5.74, 6) is 0.825. The molecule has 8 nitrogen and oxygen atoms in total. The van der Waals surface area contributed by atoms with Crippen molar-refractivity contribution in [1.82, 2.24) is 19.3 Å². The third kappa shape index (κ3) is 4.14. The summed E-state index contributed by atoms with van der Waals surface area (Å²) in [5, 5.41) is 3.78. The zero-order valence-corrected chi connectivity index (χ0v) is 21.3. The molecule has 1 aliphatic heterocycles. The fourth-order valence-electron chi connectivity index (χ4n) is 4.47. The maximum absolute atomic E-state index is 13.6. The molecule has 0 radical (unpaired) electrons. The predicted molar refractivity (Wildman–Crippen MR) is 129 cm³/mol. The monoisotopic (exact) mass is 482 g/mol. The van der Waals surface area contributed by atoms with Crippen molar-refractivity contribution in [3.63, 3.8) is 0 Å². The second kappa shape index (κ2) is 8.96. The van der Waals surface area contributed by atoms with Crippen molar-refractivity contribution in [3.05, 3.63) is 63.5 Å². The SMILES string of the molecule is Cc1noc(-c2ccc(C(=O)N3CCN(S(=O)(=O)c4c(C)c(C)c(C)c(C)c4C)CC3)cc2)n1. The van der Waals surface area contributed by atoms with Gasteiger partial charge in [-0.3, -0.25) is 4.79 Å². The van der Waals surface area contributed by atoms with Gasteiger partial charge in [-0.25, -0.2) is 8.42 Å². The number of aromatic nitrogens is 2. The lowest BCUT2D eigenvalue weighted by atomic mass is 9.95. The van der Waals surface area contributed by atoms with Crippen LogP contribution in [0.2, 0.25) is 0 Å². The van der Waals surface area contributed by atoms with Gasteiger partial charge in [0.2, 0.25) is 10.0 Å². The van der Waals surface area contributed by atoms with E-state index in [-0.39, 0.29) is 19.0 Å². The Morgan fingerprint density at radius 1 is 0.824 bits per heavy atom. The number of sulfonamides is 1. The van der Waals surface area contributed by atoms with Gasteiger partial charge in [-0.2, -0.15) is 9.29 Å². The van der Waals surface area contributed by atoms with Crippen LogP contribution in [0.25, 0.3) is 11.5 Å². The highest BCUT2D eigenvalue weighted by Crippen LogP contribution is 2.32. The molecule has 1 amide bonds. The zero-order valence-electron chi connectivity index (χ0n) is 20.5. The van der Waals surface area contributed by atoms with Gasteiger partial charge in [-0.1, -0.05) is 5.16 Å². The number of carbonyl (C=O) groups excluding carboxylic acids is 1. The Kier molecular flexibility index (Phi) is 6.35. The van der Waals surface area contributed by atoms with E-state index in [1.54, 1.807) is 36.1 Å². The molecule has 1 aliphatic rings. The summed E-state index contributed by atoms with van der Waals surface area (Å²) in [5.41, 5.74) is 6.02. The standard InChI is InChI=1S/C25H30N4O4S/c1-15-16(2)18(4)23(19(5)17(15)3)34(31,32)29-13-11-28(12-14-29)25(30)22-9-7-21(8-10-22)24-26-20(6)27-33-24/h7-10H,11-14H2,1-6H3. The predicted octanol–water partition coefficient (Wildman–Crippen LogP) is 3.73. The molecule has 0 saturated carbocycles. The minimum atomic E-state index is -3.66. The van der Waals surface area contributed by atoms with Crippen LogP contribution < -0.4 is 0 Å². The van der Waals surface area contributed by atoms with Gasteiger partial charge in [0.15, 0.2) is 5.82 Å². The molecule has 0 N–H and O–H groups in total. The fourth-order valence-corrected chi connectivity index (χ4v) is 6.45. The average Bonchev–Trinajstić information content (AvgIpc) is 3.27. The molecule has 0 bridgehead atoms. The van der Waals surface area contributed by atoms with Gasteiger partial charge in [-0.05, 0) is 93.6 Å². The second-order valence-electron chi connectivity index (χ2n) is 8.87. The first-order chi connectivity index (χ1) is 16.0. The Hall–Kier alpha value is -3.04. The van der Waals surface area contributed by atoms with E-state index in [9.17, 15) is 13.2 Å². The summed E-state index contributed by atoms with van der Waals surface area (Å²) in [7, 11) is -3.66. The van der Waals surface area contributed by atoms with Crippen LogP contribution in [0.4, 0.5) is 0 Å². The van der Waals surface area contributed by atoms with Crippen molar-refractivity contribution in [1.29, 1.82) is 0 Å². The summed E-state index contributed by atoms with van der Waals surface area (Å²) in [6, 6.07) is 7.00. The lowest BCUT2D eigenvalue weighted by molar-refractivity contribution is 0.0698. The van der Waals surface area contributed by atoms with Crippen molar-refractivity contribution >= 4 is 15.9 Å². The van der Waals surface area contributed by atoms with Crippen LogP contribution in [-0.2, 0) is 10.0 Å². The Balaban J connectivity index is 1.49. The van der Waals surface area contributed by atoms with Crippen molar-refractivity contribution < 1.29 is 17.7 Å². The van der Waals surface area contributed by atoms with E-state index in [1.165, 1.54) is 4.31 Å². The first kappa shape index (κ1) is 24.1. The van der Waals surface area contributed by atoms with Gasteiger partial charge in [0.05, 0.1) is 4.90 Å². The molecule has 1 fully saturated rings. The summed E-state index contributed by atoms with van der Waals surface area (Å²) >= 11 is 0. The molecular formula is C25H30N4O4S. The van der Waals surface area contributed by atoms with Gasteiger partial charge in [0, 0.05) is 37.3 Å². The highest BCUT2D eigenvalue weighted by Gasteiger charge is 2.33. The molecule has 0 spiro atoms. The zero-order chi connectivity index (χ0) is 24.8. The average molecular weight is 483 g/mol. The first-order valence-corrected chi connectivity index (χ1v) is 12.7. The molecule has 2 heterocycles. The van der Waals surface area contributed by atoms with Crippen molar-refractivity contribution in [2.45, 2.75) is 46.4 Å². The van der Waals surface area contributed by atoms with Gasteiger partial charge < -0.3 is 9.42 Å². The van der Waals surface area contributed by atoms with Crippen LogP contribution in [0.3, 0.4) is 0 Å². The highest BCUT2D eigenvalue weighted by atomic mass is 32.2. The minimum absolute atomic E-state index is 0.125. The van der Waals surface area contributed by atoms with Gasteiger partial charge in [0.1, 0.15) is 0 Å². The molecule has 3 aromatic rings. The van der Waals surface area contributed by atoms with E-state index >= 15 is 0 Å². The number of benzene rings is 2. The summed E-state index contributed by atoms with van der Waals surface area (Å²) < 4.78 is 33.8.